The quantitative estimate of drug-likeness (QED) is 0.790. The van der Waals surface area contributed by atoms with Crippen LogP contribution in [0.4, 0.5) is 5.82 Å². The van der Waals surface area contributed by atoms with Gasteiger partial charge in [0.2, 0.25) is 0 Å². The van der Waals surface area contributed by atoms with Crippen molar-refractivity contribution in [2.45, 2.75) is 6.92 Å². The third kappa shape index (κ3) is 1.91. The highest BCUT2D eigenvalue weighted by Gasteiger charge is 2.14. The Labute approximate surface area is 103 Å². The first-order chi connectivity index (χ1) is 8.04. The van der Waals surface area contributed by atoms with E-state index in [1.165, 1.54) is 13.2 Å². The summed E-state index contributed by atoms with van der Waals surface area (Å²) in [6.07, 6.45) is 0. The maximum absolute atomic E-state index is 11.6. The van der Waals surface area contributed by atoms with Crippen molar-refractivity contribution in [2.24, 2.45) is 0 Å². The van der Waals surface area contributed by atoms with E-state index in [1.807, 2.05) is 6.92 Å². The number of nitrogens with zero attached hydrogens (tertiary/aromatic N) is 1. The Kier molecular flexibility index (Phi) is 2.90. The largest absolute Gasteiger partial charge is 0.465 e. The molecular weight excluding hydrogens is 240 g/mol. The molecule has 0 amide bonds. The average molecular weight is 251 g/mol. The van der Waals surface area contributed by atoms with Crippen LogP contribution in [0.25, 0.3) is 10.9 Å². The van der Waals surface area contributed by atoms with E-state index >= 15 is 0 Å². The second kappa shape index (κ2) is 4.22. The lowest BCUT2D eigenvalue weighted by atomic mass is 10.1. The van der Waals surface area contributed by atoms with Gasteiger partial charge < -0.3 is 10.5 Å². The molecule has 5 heteroatoms. The molecular formula is C12H11ClN2O2. The summed E-state index contributed by atoms with van der Waals surface area (Å²) in [5.41, 5.74) is 7.49. The number of hydrogen-bond acceptors (Lipinski definition) is 4. The number of nitrogens with two attached hydrogens (primary N) is 1. The van der Waals surface area contributed by atoms with Gasteiger partial charge in [-0.25, -0.2) is 9.78 Å². The molecule has 0 atom stereocenters. The van der Waals surface area contributed by atoms with Crippen molar-refractivity contribution >= 4 is 34.3 Å². The first kappa shape index (κ1) is 11.7. The molecule has 0 fully saturated rings. The molecule has 0 aliphatic rings. The second-order valence-electron chi connectivity index (χ2n) is 3.65. The third-order valence-corrected chi connectivity index (χ3v) is 3.00. The monoisotopic (exact) mass is 250 g/mol. The highest BCUT2D eigenvalue weighted by molar-refractivity contribution is 6.32. The van der Waals surface area contributed by atoms with Gasteiger partial charge in [0.15, 0.2) is 0 Å². The van der Waals surface area contributed by atoms with Gasteiger partial charge in [-0.2, -0.15) is 0 Å². The van der Waals surface area contributed by atoms with Crippen molar-refractivity contribution < 1.29 is 9.53 Å². The summed E-state index contributed by atoms with van der Waals surface area (Å²) in [6, 6.07) is 4.97. The van der Waals surface area contributed by atoms with Gasteiger partial charge in [0.25, 0.3) is 0 Å². The molecule has 0 unspecified atom stereocenters. The summed E-state index contributed by atoms with van der Waals surface area (Å²) >= 11 is 6.01. The number of nitrogen functional groups attached to an aromatic ring is 1. The normalized spacial score (nSPS) is 10.5. The van der Waals surface area contributed by atoms with Crippen LogP contribution in [0.5, 0.6) is 0 Å². The standard InChI is InChI=1S/C12H11ClN2O2/c1-6-9(13)4-3-7-8(12(16)17-2)5-10(14)15-11(6)7/h3-5H,1-2H3,(H2,14,15). The molecule has 4 nitrogen and oxygen atoms in total. The maximum atomic E-state index is 11.6. The number of hydrogen-bond donors (Lipinski definition) is 1. The predicted octanol–water partition coefficient (Wildman–Crippen LogP) is 2.57. The predicted molar refractivity (Wildman–Crippen MR) is 67.2 cm³/mol. The molecule has 0 saturated carbocycles. The molecule has 1 heterocycles. The Bertz CT molecular complexity index is 611. The highest BCUT2D eigenvalue weighted by atomic mass is 35.5. The van der Waals surface area contributed by atoms with Gasteiger partial charge in [-0.3, -0.25) is 0 Å². The maximum Gasteiger partial charge on any atom is 0.338 e. The second-order valence-corrected chi connectivity index (χ2v) is 4.06. The van der Waals surface area contributed by atoms with Gasteiger partial charge in [0, 0.05) is 10.4 Å². The average Bonchev–Trinajstić information content (AvgIpc) is 2.32. The summed E-state index contributed by atoms with van der Waals surface area (Å²) in [5, 5.41) is 1.28. The van der Waals surface area contributed by atoms with Crippen LogP contribution in [-0.4, -0.2) is 18.1 Å². The Morgan fingerprint density at radius 3 is 2.82 bits per heavy atom. The van der Waals surface area contributed by atoms with Gasteiger partial charge in [0.05, 0.1) is 18.2 Å². The van der Waals surface area contributed by atoms with Gasteiger partial charge in [-0.05, 0) is 24.6 Å². The number of anilines is 1. The smallest absolute Gasteiger partial charge is 0.338 e. The molecule has 0 bridgehead atoms. The molecule has 0 aliphatic heterocycles. The van der Waals surface area contributed by atoms with Crippen molar-refractivity contribution in [2.75, 3.05) is 12.8 Å². The van der Waals surface area contributed by atoms with Gasteiger partial charge in [0.1, 0.15) is 5.82 Å². The van der Waals surface area contributed by atoms with Gasteiger partial charge in [-0.1, -0.05) is 17.7 Å². The molecule has 2 aromatic rings. The zero-order valence-corrected chi connectivity index (χ0v) is 10.2. The number of fused-ring (bicyclic) bond motifs is 1. The molecule has 88 valence electrons. The molecule has 2 N–H and O–H groups in total. The van der Waals surface area contributed by atoms with Gasteiger partial charge >= 0.3 is 5.97 Å². The van der Waals surface area contributed by atoms with Crippen molar-refractivity contribution in [1.29, 1.82) is 0 Å². The third-order valence-electron chi connectivity index (χ3n) is 2.59. The summed E-state index contributed by atoms with van der Waals surface area (Å²) in [5.74, 6) is -0.172. The molecule has 17 heavy (non-hydrogen) atoms. The number of halogens is 1. The van der Waals surface area contributed by atoms with Crippen molar-refractivity contribution in [3.05, 3.63) is 34.3 Å². The first-order valence-corrected chi connectivity index (χ1v) is 5.36. The van der Waals surface area contributed by atoms with Crippen LogP contribution in [0.2, 0.25) is 5.02 Å². The number of pyridine rings is 1. The number of benzene rings is 1. The van der Waals surface area contributed by atoms with E-state index in [4.69, 9.17) is 22.1 Å². The van der Waals surface area contributed by atoms with E-state index in [9.17, 15) is 4.79 Å². The fourth-order valence-corrected chi connectivity index (χ4v) is 1.86. The number of esters is 1. The van der Waals surface area contributed by atoms with Crippen LogP contribution in [0, 0.1) is 6.92 Å². The fraction of sp³-hybridized carbons (Fsp3) is 0.167. The number of ether oxygens (including phenoxy) is 1. The number of methoxy groups -OCH3 is 1. The summed E-state index contributed by atoms with van der Waals surface area (Å²) in [4.78, 5) is 15.8. The topological polar surface area (TPSA) is 65.2 Å². The van der Waals surface area contributed by atoms with Crippen LogP contribution < -0.4 is 5.73 Å². The zero-order valence-electron chi connectivity index (χ0n) is 9.45. The van der Waals surface area contributed by atoms with Crippen LogP contribution in [0.3, 0.4) is 0 Å². The minimum absolute atomic E-state index is 0.267. The minimum Gasteiger partial charge on any atom is -0.465 e. The van der Waals surface area contributed by atoms with E-state index in [0.29, 0.717) is 21.5 Å². The minimum atomic E-state index is -0.439. The van der Waals surface area contributed by atoms with Crippen LogP contribution >= 0.6 is 11.6 Å². The lowest BCUT2D eigenvalue weighted by Gasteiger charge is -2.08. The van der Waals surface area contributed by atoms with Crippen molar-refractivity contribution in [1.82, 2.24) is 4.98 Å². The number of carbonyl (C=O) groups is 1. The lowest BCUT2D eigenvalue weighted by Crippen LogP contribution is -2.05. The summed E-state index contributed by atoms with van der Waals surface area (Å²) in [6.45, 7) is 1.83. The van der Waals surface area contributed by atoms with Crippen LogP contribution in [0.15, 0.2) is 18.2 Å². The molecule has 2 rings (SSSR count). The highest BCUT2D eigenvalue weighted by Crippen LogP contribution is 2.27. The molecule has 0 radical (unpaired) electrons. The molecule has 0 spiro atoms. The Hall–Kier alpha value is -1.81. The van der Waals surface area contributed by atoms with Gasteiger partial charge in [-0.15, -0.1) is 0 Å². The number of carbonyl (C=O) groups excluding carboxylic acids is 1. The number of aryl methyl sites for hydroxylation is 1. The van der Waals surface area contributed by atoms with E-state index in [2.05, 4.69) is 4.98 Å². The lowest BCUT2D eigenvalue weighted by molar-refractivity contribution is 0.0603. The Morgan fingerprint density at radius 1 is 1.47 bits per heavy atom. The zero-order chi connectivity index (χ0) is 12.6. The van der Waals surface area contributed by atoms with E-state index in [-0.39, 0.29) is 5.82 Å². The van der Waals surface area contributed by atoms with E-state index in [0.717, 1.165) is 5.56 Å². The SMILES string of the molecule is COC(=O)c1cc(N)nc2c(C)c(Cl)ccc12. The fourth-order valence-electron chi connectivity index (χ4n) is 1.70. The molecule has 0 saturated heterocycles. The van der Waals surface area contributed by atoms with Crippen LogP contribution in [-0.2, 0) is 4.74 Å². The van der Waals surface area contributed by atoms with E-state index < -0.39 is 5.97 Å². The molecule has 1 aromatic carbocycles. The first-order valence-electron chi connectivity index (χ1n) is 4.98. The molecule has 0 aliphatic carbocycles. The Balaban J connectivity index is 2.86. The van der Waals surface area contributed by atoms with Crippen LogP contribution in [0.1, 0.15) is 15.9 Å². The Morgan fingerprint density at radius 2 is 2.18 bits per heavy atom. The van der Waals surface area contributed by atoms with Crippen molar-refractivity contribution in [3.63, 3.8) is 0 Å². The number of rotatable bonds is 1. The summed E-state index contributed by atoms with van der Waals surface area (Å²) in [7, 11) is 1.33. The number of aromatic nitrogens is 1. The van der Waals surface area contributed by atoms with Crippen molar-refractivity contribution in [3.8, 4) is 0 Å². The molecule has 1 aromatic heterocycles. The summed E-state index contributed by atoms with van der Waals surface area (Å²) < 4.78 is 4.71. The van der Waals surface area contributed by atoms with E-state index in [1.54, 1.807) is 12.1 Å².